The van der Waals surface area contributed by atoms with Gasteiger partial charge in [-0.3, -0.25) is 9.59 Å². The summed E-state index contributed by atoms with van der Waals surface area (Å²) in [4.78, 5) is 24.1. The number of rotatable bonds is 6. The normalized spacial score (nSPS) is 14.5. The Bertz CT molecular complexity index is 454. The highest BCUT2D eigenvalue weighted by atomic mass is 16.4. The van der Waals surface area contributed by atoms with Gasteiger partial charge in [0.15, 0.2) is 0 Å². The number of hydrogen-bond donors (Lipinski definition) is 2. The Kier molecular flexibility index (Phi) is 3.56. The summed E-state index contributed by atoms with van der Waals surface area (Å²) in [6.07, 6.45) is 3.32. The molecule has 1 aliphatic carbocycles. The molecule has 0 aliphatic heterocycles. The lowest BCUT2D eigenvalue weighted by Crippen LogP contribution is -2.39. The van der Waals surface area contributed by atoms with E-state index in [-0.39, 0.29) is 31.6 Å². The standard InChI is InChI=1S/C10H15N5O3/c11-3-7-4-14(13-12-7)5-9(16)15(6-10(17)18)8-1-2-8/h4,8H,1-3,5-6,11H2,(H,17,18). The molecule has 3 N–H and O–H groups in total. The van der Waals surface area contributed by atoms with Crippen LogP contribution >= 0.6 is 0 Å². The average Bonchev–Trinajstić information content (AvgIpc) is 3.06. The van der Waals surface area contributed by atoms with Gasteiger partial charge in [-0.2, -0.15) is 0 Å². The third kappa shape index (κ3) is 3.04. The first-order valence-corrected chi connectivity index (χ1v) is 5.70. The molecule has 8 nitrogen and oxygen atoms in total. The van der Waals surface area contributed by atoms with Crippen molar-refractivity contribution in [3.05, 3.63) is 11.9 Å². The molecule has 2 rings (SSSR count). The zero-order chi connectivity index (χ0) is 13.1. The van der Waals surface area contributed by atoms with E-state index in [9.17, 15) is 9.59 Å². The van der Waals surface area contributed by atoms with Crippen LogP contribution in [0.5, 0.6) is 0 Å². The van der Waals surface area contributed by atoms with E-state index < -0.39 is 5.97 Å². The van der Waals surface area contributed by atoms with Gasteiger partial charge >= 0.3 is 5.97 Å². The molecule has 0 atom stereocenters. The summed E-state index contributed by atoms with van der Waals surface area (Å²) in [5.74, 6) is -1.26. The highest BCUT2D eigenvalue weighted by molar-refractivity contribution is 5.81. The average molecular weight is 253 g/mol. The second kappa shape index (κ2) is 5.13. The van der Waals surface area contributed by atoms with Crippen LogP contribution in [-0.4, -0.2) is 49.5 Å². The first kappa shape index (κ1) is 12.5. The van der Waals surface area contributed by atoms with Crippen LogP contribution in [0.2, 0.25) is 0 Å². The van der Waals surface area contributed by atoms with E-state index in [1.54, 1.807) is 6.20 Å². The summed E-state index contributed by atoms with van der Waals surface area (Å²) in [5, 5.41) is 16.3. The molecule has 18 heavy (non-hydrogen) atoms. The smallest absolute Gasteiger partial charge is 0.323 e. The van der Waals surface area contributed by atoms with Gasteiger partial charge in [0.25, 0.3) is 0 Å². The van der Waals surface area contributed by atoms with Gasteiger partial charge in [-0.1, -0.05) is 5.21 Å². The predicted molar refractivity (Wildman–Crippen MR) is 60.3 cm³/mol. The lowest BCUT2D eigenvalue weighted by atomic mass is 10.4. The van der Waals surface area contributed by atoms with Crippen LogP contribution in [0.1, 0.15) is 18.5 Å². The molecular formula is C10H15N5O3. The van der Waals surface area contributed by atoms with Crippen LogP contribution in [-0.2, 0) is 22.7 Å². The molecule has 0 bridgehead atoms. The van der Waals surface area contributed by atoms with Crippen molar-refractivity contribution in [3.8, 4) is 0 Å². The fourth-order valence-electron chi connectivity index (χ4n) is 1.69. The highest BCUT2D eigenvalue weighted by Crippen LogP contribution is 2.26. The topological polar surface area (TPSA) is 114 Å². The lowest BCUT2D eigenvalue weighted by Gasteiger charge is -2.19. The van der Waals surface area contributed by atoms with Gasteiger partial charge in [-0.25, -0.2) is 4.68 Å². The van der Waals surface area contributed by atoms with Crippen molar-refractivity contribution in [2.24, 2.45) is 5.73 Å². The molecule has 0 aromatic carbocycles. The maximum absolute atomic E-state index is 12.0. The second-order valence-electron chi connectivity index (χ2n) is 4.26. The Balaban J connectivity index is 1.98. The predicted octanol–water partition coefficient (Wildman–Crippen LogP) is -1.19. The molecule has 1 fully saturated rings. The molecule has 0 radical (unpaired) electrons. The van der Waals surface area contributed by atoms with Crippen molar-refractivity contribution >= 4 is 11.9 Å². The summed E-state index contributed by atoms with van der Waals surface area (Å²) < 4.78 is 1.38. The first-order valence-electron chi connectivity index (χ1n) is 5.70. The maximum atomic E-state index is 12.0. The summed E-state index contributed by atoms with van der Waals surface area (Å²) in [6.45, 7) is -0.00558. The van der Waals surface area contributed by atoms with Crippen LogP contribution in [0.3, 0.4) is 0 Å². The molecule has 98 valence electrons. The maximum Gasteiger partial charge on any atom is 0.323 e. The molecule has 0 saturated heterocycles. The molecule has 0 unspecified atom stereocenters. The molecular weight excluding hydrogens is 238 g/mol. The number of carboxylic acid groups (broad SMARTS) is 1. The first-order chi connectivity index (χ1) is 8.60. The van der Waals surface area contributed by atoms with Crippen LogP contribution in [0.4, 0.5) is 0 Å². The Morgan fingerprint density at radius 1 is 1.56 bits per heavy atom. The summed E-state index contributed by atoms with van der Waals surface area (Å²) in [7, 11) is 0. The van der Waals surface area contributed by atoms with E-state index in [0.717, 1.165) is 12.8 Å². The van der Waals surface area contributed by atoms with Gasteiger partial charge in [0.2, 0.25) is 5.91 Å². The Morgan fingerprint density at radius 3 is 2.78 bits per heavy atom. The second-order valence-corrected chi connectivity index (χ2v) is 4.26. The number of hydrogen-bond acceptors (Lipinski definition) is 5. The number of amides is 1. The summed E-state index contributed by atoms with van der Waals surface area (Å²) >= 11 is 0. The van der Waals surface area contributed by atoms with Crippen molar-refractivity contribution in [1.82, 2.24) is 19.9 Å². The van der Waals surface area contributed by atoms with Crippen molar-refractivity contribution in [2.75, 3.05) is 6.54 Å². The monoisotopic (exact) mass is 253 g/mol. The van der Waals surface area contributed by atoms with Crippen LogP contribution in [0.15, 0.2) is 6.20 Å². The van der Waals surface area contributed by atoms with E-state index in [1.807, 2.05) is 0 Å². The van der Waals surface area contributed by atoms with Crippen LogP contribution in [0.25, 0.3) is 0 Å². The largest absolute Gasteiger partial charge is 0.480 e. The minimum Gasteiger partial charge on any atom is -0.480 e. The third-order valence-corrected chi connectivity index (χ3v) is 2.71. The van der Waals surface area contributed by atoms with Crippen molar-refractivity contribution in [3.63, 3.8) is 0 Å². The van der Waals surface area contributed by atoms with Gasteiger partial charge < -0.3 is 15.7 Å². The van der Waals surface area contributed by atoms with Gasteiger partial charge in [0, 0.05) is 12.6 Å². The van der Waals surface area contributed by atoms with E-state index in [1.165, 1.54) is 9.58 Å². The zero-order valence-electron chi connectivity index (χ0n) is 9.82. The number of carboxylic acids is 1. The van der Waals surface area contributed by atoms with Crippen LogP contribution < -0.4 is 5.73 Å². The number of nitrogens with zero attached hydrogens (tertiary/aromatic N) is 4. The number of carbonyl (C=O) groups is 2. The Hall–Kier alpha value is -1.96. The van der Waals surface area contributed by atoms with E-state index in [2.05, 4.69) is 10.3 Å². The highest BCUT2D eigenvalue weighted by Gasteiger charge is 2.33. The summed E-state index contributed by atoms with van der Waals surface area (Å²) in [5.41, 5.74) is 5.99. The number of carbonyl (C=O) groups excluding carboxylic acids is 1. The van der Waals surface area contributed by atoms with Crippen LogP contribution in [0, 0.1) is 0 Å². The SMILES string of the molecule is NCc1cn(CC(=O)N(CC(=O)O)C2CC2)nn1. The Morgan fingerprint density at radius 2 is 2.28 bits per heavy atom. The van der Waals surface area contributed by atoms with E-state index in [0.29, 0.717) is 5.69 Å². The molecule has 1 amide bonds. The Labute approximate surface area is 103 Å². The van der Waals surface area contributed by atoms with Crippen molar-refractivity contribution in [1.29, 1.82) is 0 Å². The van der Waals surface area contributed by atoms with Gasteiger partial charge in [-0.15, -0.1) is 5.10 Å². The molecule has 8 heteroatoms. The van der Waals surface area contributed by atoms with E-state index in [4.69, 9.17) is 10.8 Å². The fraction of sp³-hybridized carbons (Fsp3) is 0.600. The minimum atomic E-state index is -1.00. The third-order valence-electron chi connectivity index (χ3n) is 2.71. The molecule has 0 spiro atoms. The van der Waals surface area contributed by atoms with E-state index >= 15 is 0 Å². The lowest BCUT2D eigenvalue weighted by molar-refractivity contribution is -0.145. The number of aromatic nitrogens is 3. The molecule has 1 aliphatic rings. The molecule has 1 aromatic heterocycles. The van der Waals surface area contributed by atoms with Crippen molar-refractivity contribution < 1.29 is 14.7 Å². The van der Waals surface area contributed by atoms with Crippen molar-refractivity contribution in [2.45, 2.75) is 32.0 Å². The fourth-order valence-corrected chi connectivity index (χ4v) is 1.69. The number of aliphatic carboxylic acids is 1. The van der Waals surface area contributed by atoms with Gasteiger partial charge in [-0.05, 0) is 12.8 Å². The number of nitrogens with two attached hydrogens (primary N) is 1. The molecule has 1 heterocycles. The zero-order valence-corrected chi connectivity index (χ0v) is 9.82. The molecule has 1 aromatic rings. The van der Waals surface area contributed by atoms with Gasteiger partial charge in [0.05, 0.1) is 11.9 Å². The quantitative estimate of drug-likeness (QED) is 0.659. The van der Waals surface area contributed by atoms with Gasteiger partial charge in [0.1, 0.15) is 13.1 Å². The molecule has 1 saturated carbocycles. The summed E-state index contributed by atoms with van der Waals surface area (Å²) in [6, 6.07) is 0.0612. The minimum absolute atomic E-state index is 0.00319.